The number of esters is 1. The number of hydrogen-bond acceptors (Lipinski definition) is 5. The van der Waals surface area contributed by atoms with E-state index in [0.29, 0.717) is 5.75 Å². The standard InChI is InChI=1S/C13H23NO5S/c1-12(2,3)14(11(16)17)8(7-20-6)9-10(15)19-13(4,5)18-9/h8-9H,7H2,1-6H3,(H,16,17)/t8-,9?/m0/s1. The van der Waals surface area contributed by atoms with Crippen LogP contribution in [0.3, 0.4) is 0 Å². The van der Waals surface area contributed by atoms with E-state index in [1.54, 1.807) is 34.6 Å². The Morgan fingerprint density at radius 2 is 2.05 bits per heavy atom. The van der Waals surface area contributed by atoms with Crippen molar-refractivity contribution >= 4 is 23.8 Å². The van der Waals surface area contributed by atoms with Gasteiger partial charge in [0.1, 0.15) is 0 Å². The number of cyclic esters (lactones) is 1. The second kappa shape index (κ2) is 5.81. The number of thioether (sulfide) groups is 1. The smallest absolute Gasteiger partial charge is 0.408 e. The first kappa shape index (κ1) is 17.1. The molecule has 6 nitrogen and oxygen atoms in total. The molecule has 1 unspecified atom stereocenters. The highest BCUT2D eigenvalue weighted by atomic mass is 32.2. The Morgan fingerprint density at radius 3 is 2.35 bits per heavy atom. The largest absolute Gasteiger partial charge is 0.465 e. The van der Waals surface area contributed by atoms with Crippen molar-refractivity contribution in [3.63, 3.8) is 0 Å². The van der Waals surface area contributed by atoms with Crippen LogP contribution in [0, 0.1) is 0 Å². The molecule has 1 aliphatic rings. The number of rotatable bonds is 4. The normalized spacial score (nSPS) is 23.3. The molecule has 0 spiro atoms. The zero-order valence-electron chi connectivity index (χ0n) is 12.8. The van der Waals surface area contributed by atoms with E-state index in [1.807, 2.05) is 6.26 Å². The van der Waals surface area contributed by atoms with Crippen molar-refractivity contribution in [3.8, 4) is 0 Å². The highest BCUT2D eigenvalue weighted by molar-refractivity contribution is 7.98. The van der Waals surface area contributed by atoms with E-state index in [9.17, 15) is 14.7 Å². The minimum Gasteiger partial charge on any atom is -0.465 e. The fourth-order valence-electron chi connectivity index (χ4n) is 2.31. The van der Waals surface area contributed by atoms with Gasteiger partial charge in [-0.25, -0.2) is 9.59 Å². The third-order valence-electron chi connectivity index (χ3n) is 2.94. The summed E-state index contributed by atoms with van der Waals surface area (Å²) in [6.45, 7) is 8.66. The van der Waals surface area contributed by atoms with Gasteiger partial charge in [-0.2, -0.15) is 11.8 Å². The summed E-state index contributed by atoms with van der Waals surface area (Å²) in [4.78, 5) is 24.9. The van der Waals surface area contributed by atoms with Gasteiger partial charge in [0.25, 0.3) is 0 Å². The molecule has 1 heterocycles. The van der Waals surface area contributed by atoms with Crippen molar-refractivity contribution in [3.05, 3.63) is 0 Å². The lowest BCUT2D eigenvalue weighted by molar-refractivity contribution is -0.162. The summed E-state index contributed by atoms with van der Waals surface area (Å²) in [5, 5.41) is 9.49. The Balaban J connectivity index is 3.10. The molecule has 20 heavy (non-hydrogen) atoms. The van der Waals surface area contributed by atoms with Gasteiger partial charge in [0.15, 0.2) is 6.10 Å². The maximum Gasteiger partial charge on any atom is 0.408 e. The second-order valence-electron chi connectivity index (χ2n) is 6.21. The summed E-state index contributed by atoms with van der Waals surface area (Å²) < 4.78 is 10.8. The summed E-state index contributed by atoms with van der Waals surface area (Å²) in [5.74, 6) is -1.07. The van der Waals surface area contributed by atoms with Gasteiger partial charge in [-0.3, -0.25) is 4.90 Å². The Kier molecular flexibility index (Phi) is 4.97. The van der Waals surface area contributed by atoms with E-state index in [2.05, 4.69) is 0 Å². The average molecular weight is 305 g/mol. The fourth-order valence-corrected chi connectivity index (χ4v) is 2.97. The predicted octanol–water partition coefficient (Wildman–Crippen LogP) is 2.17. The van der Waals surface area contributed by atoms with Gasteiger partial charge < -0.3 is 14.6 Å². The molecular formula is C13H23NO5S. The van der Waals surface area contributed by atoms with Gasteiger partial charge in [0, 0.05) is 25.1 Å². The Labute approximate surface area is 123 Å². The van der Waals surface area contributed by atoms with E-state index < -0.39 is 35.5 Å². The van der Waals surface area contributed by atoms with Crippen LogP contribution in [0.25, 0.3) is 0 Å². The highest BCUT2D eigenvalue weighted by Crippen LogP contribution is 2.31. The van der Waals surface area contributed by atoms with Gasteiger partial charge in [-0.15, -0.1) is 0 Å². The average Bonchev–Trinajstić information content (AvgIpc) is 2.48. The van der Waals surface area contributed by atoms with Gasteiger partial charge >= 0.3 is 12.1 Å². The van der Waals surface area contributed by atoms with Crippen LogP contribution in [0.15, 0.2) is 0 Å². The highest BCUT2D eigenvalue weighted by Gasteiger charge is 2.49. The summed E-state index contributed by atoms with van der Waals surface area (Å²) in [5.41, 5.74) is -0.636. The molecule has 1 amide bonds. The van der Waals surface area contributed by atoms with Gasteiger partial charge in [-0.1, -0.05) is 0 Å². The molecule has 7 heteroatoms. The van der Waals surface area contributed by atoms with Crippen molar-refractivity contribution in [1.29, 1.82) is 0 Å². The summed E-state index contributed by atoms with van der Waals surface area (Å²) >= 11 is 1.47. The zero-order chi connectivity index (χ0) is 15.7. The molecule has 1 N–H and O–H groups in total. The predicted molar refractivity (Wildman–Crippen MR) is 76.8 cm³/mol. The molecule has 1 rings (SSSR count). The third-order valence-corrected chi connectivity index (χ3v) is 3.61. The molecule has 0 bridgehead atoms. The number of carbonyl (C=O) groups is 2. The van der Waals surface area contributed by atoms with Crippen LogP contribution >= 0.6 is 11.8 Å². The molecule has 0 radical (unpaired) electrons. The first-order valence-corrected chi connectivity index (χ1v) is 7.81. The van der Waals surface area contributed by atoms with Crippen LogP contribution in [-0.2, 0) is 14.3 Å². The van der Waals surface area contributed by atoms with Gasteiger partial charge in [0.05, 0.1) is 6.04 Å². The summed E-state index contributed by atoms with van der Waals surface area (Å²) in [6, 6.07) is -0.586. The first-order chi connectivity index (χ1) is 8.99. The maximum atomic E-state index is 12.0. The van der Waals surface area contributed by atoms with Crippen LogP contribution < -0.4 is 0 Å². The molecule has 0 aromatic heterocycles. The molecule has 0 aliphatic carbocycles. The number of carboxylic acid groups (broad SMARTS) is 1. The van der Waals surface area contributed by atoms with Crippen LogP contribution in [0.4, 0.5) is 4.79 Å². The molecule has 1 aliphatic heterocycles. The van der Waals surface area contributed by atoms with Crippen molar-refractivity contribution in [1.82, 2.24) is 4.90 Å². The molecule has 0 aromatic rings. The van der Waals surface area contributed by atoms with Crippen LogP contribution in [0.2, 0.25) is 0 Å². The Bertz CT molecular complexity index is 391. The molecule has 116 valence electrons. The molecule has 1 saturated heterocycles. The monoisotopic (exact) mass is 305 g/mol. The van der Waals surface area contributed by atoms with Gasteiger partial charge in [0.2, 0.25) is 5.79 Å². The minimum atomic E-state index is -1.07. The van der Waals surface area contributed by atoms with Crippen LogP contribution in [0.1, 0.15) is 34.6 Å². The topological polar surface area (TPSA) is 76.1 Å². The molecule has 0 saturated carbocycles. The number of carbonyl (C=O) groups excluding carboxylic acids is 1. The zero-order valence-corrected chi connectivity index (χ0v) is 13.6. The van der Waals surface area contributed by atoms with Crippen molar-refractivity contribution in [2.75, 3.05) is 12.0 Å². The third kappa shape index (κ3) is 3.79. The lowest BCUT2D eigenvalue weighted by Crippen LogP contribution is -2.58. The van der Waals surface area contributed by atoms with E-state index >= 15 is 0 Å². The fraction of sp³-hybridized carbons (Fsp3) is 0.846. The number of nitrogens with zero attached hydrogens (tertiary/aromatic N) is 1. The number of hydrogen-bond donors (Lipinski definition) is 1. The van der Waals surface area contributed by atoms with Gasteiger partial charge in [-0.05, 0) is 27.0 Å². The first-order valence-electron chi connectivity index (χ1n) is 6.41. The summed E-state index contributed by atoms with van der Waals surface area (Å²) in [7, 11) is 0. The van der Waals surface area contributed by atoms with Crippen molar-refractivity contribution in [2.45, 2.75) is 58.1 Å². The van der Waals surface area contributed by atoms with E-state index in [1.165, 1.54) is 16.7 Å². The lowest BCUT2D eigenvalue weighted by Gasteiger charge is -2.40. The molecule has 2 atom stereocenters. The van der Waals surface area contributed by atoms with E-state index in [4.69, 9.17) is 9.47 Å². The minimum absolute atomic E-state index is 0.458. The van der Waals surface area contributed by atoms with E-state index in [-0.39, 0.29) is 0 Å². The van der Waals surface area contributed by atoms with Crippen molar-refractivity contribution < 1.29 is 24.2 Å². The molecule has 0 aromatic carbocycles. The molecular weight excluding hydrogens is 282 g/mol. The summed E-state index contributed by atoms with van der Waals surface area (Å²) in [6.07, 6.45) is -0.105. The van der Waals surface area contributed by atoms with Crippen molar-refractivity contribution in [2.24, 2.45) is 0 Å². The quantitative estimate of drug-likeness (QED) is 0.802. The Morgan fingerprint density at radius 1 is 1.50 bits per heavy atom. The SMILES string of the molecule is CSC[C@@H](C1OC(C)(C)OC1=O)N(C(=O)O)C(C)(C)C. The second-order valence-corrected chi connectivity index (χ2v) is 7.12. The molecule has 1 fully saturated rings. The Hall–Kier alpha value is -0.950. The van der Waals surface area contributed by atoms with E-state index in [0.717, 1.165) is 0 Å². The van der Waals surface area contributed by atoms with Crippen LogP contribution in [-0.4, -0.2) is 57.5 Å². The van der Waals surface area contributed by atoms with Crippen LogP contribution in [0.5, 0.6) is 0 Å². The lowest BCUT2D eigenvalue weighted by atomic mass is 10.0. The number of ether oxygens (including phenoxy) is 2. The maximum absolute atomic E-state index is 12.0. The number of amides is 1.